The third-order valence-electron chi connectivity index (χ3n) is 3.29. The second-order valence-corrected chi connectivity index (χ2v) is 6.21. The van der Waals surface area contributed by atoms with Crippen LogP contribution in [0, 0.1) is 0 Å². The topological polar surface area (TPSA) is 90.5 Å². The van der Waals surface area contributed by atoms with Crippen LogP contribution in [-0.4, -0.2) is 29.9 Å². The first-order valence-electron chi connectivity index (χ1n) is 5.69. The number of hydrogen-bond donors (Lipinski definition) is 2. The van der Waals surface area contributed by atoms with Gasteiger partial charge in [0, 0.05) is 18.6 Å². The monoisotopic (exact) mass is 280 g/mol. The van der Waals surface area contributed by atoms with Crippen molar-refractivity contribution in [1.82, 2.24) is 9.88 Å². The summed E-state index contributed by atoms with van der Waals surface area (Å²) in [4.78, 5) is 15.6. The van der Waals surface area contributed by atoms with Gasteiger partial charge in [0.2, 0.25) is 0 Å². The molecule has 0 radical (unpaired) electrons. The molecule has 1 aliphatic rings. The van der Waals surface area contributed by atoms with E-state index in [4.69, 9.17) is 4.55 Å². The summed E-state index contributed by atoms with van der Waals surface area (Å²) in [6, 6.07) is 4.91. The maximum atomic E-state index is 11.6. The summed E-state index contributed by atoms with van der Waals surface area (Å²) < 4.78 is 31.2. The van der Waals surface area contributed by atoms with Crippen molar-refractivity contribution in [2.24, 2.45) is 0 Å². The van der Waals surface area contributed by atoms with Crippen LogP contribution in [0.25, 0.3) is 10.9 Å². The molecule has 3 rings (SSSR count). The Hall–Kier alpha value is -1.70. The highest BCUT2D eigenvalue weighted by Crippen LogP contribution is 2.26. The molecule has 1 aromatic heterocycles. The zero-order chi connectivity index (χ0) is 13.8. The molecule has 2 N–H and O–H groups in total. The second kappa shape index (κ2) is 3.89. The van der Waals surface area contributed by atoms with Gasteiger partial charge in [-0.15, -0.1) is 0 Å². The smallest absolute Gasteiger partial charge is 0.300 e. The molecule has 19 heavy (non-hydrogen) atoms. The van der Waals surface area contributed by atoms with E-state index in [1.807, 2.05) is 19.2 Å². The first-order chi connectivity index (χ1) is 8.84. The van der Waals surface area contributed by atoms with E-state index < -0.39 is 20.6 Å². The molecule has 0 atom stereocenters. The molecule has 0 saturated carbocycles. The first kappa shape index (κ1) is 12.3. The number of benzene rings is 1. The number of nitrogens with one attached hydrogen (secondary N) is 1. The molecule has 2 aromatic rings. The average molecular weight is 280 g/mol. The van der Waals surface area contributed by atoms with Gasteiger partial charge in [0.1, 0.15) is 0 Å². The highest BCUT2D eigenvalue weighted by atomic mass is 32.2. The lowest BCUT2D eigenvalue weighted by Gasteiger charge is -2.04. The van der Waals surface area contributed by atoms with Gasteiger partial charge in [-0.2, -0.15) is 8.42 Å². The minimum Gasteiger partial charge on any atom is -0.321 e. The molecular weight excluding hydrogens is 268 g/mol. The predicted octanol–water partition coefficient (Wildman–Crippen LogP) is 0.720. The molecule has 0 aliphatic carbocycles. The van der Waals surface area contributed by atoms with Crippen molar-refractivity contribution in [3.8, 4) is 0 Å². The number of fused-ring (bicyclic) bond motifs is 2. The average Bonchev–Trinajstić information content (AvgIpc) is 2.62. The van der Waals surface area contributed by atoms with E-state index in [1.54, 1.807) is 0 Å². The minimum atomic E-state index is -4.50. The summed E-state index contributed by atoms with van der Waals surface area (Å²) in [5.74, 6) is 0. The first-order valence-corrected chi connectivity index (χ1v) is 7.13. The van der Waals surface area contributed by atoms with Crippen molar-refractivity contribution in [3.63, 3.8) is 0 Å². The molecule has 0 spiro atoms. The fourth-order valence-electron chi connectivity index (χ4n) is 2.45. The van der Waals surface area contributed by atoms with Crippen molar-refractivity contribution < 1.29 is 13.0 Å². The van der Waals surface area contributed by atoms with Gasteiger partial charge in [-0.25, -0.2) is 0 Å². The molecule has 2 heterocycles. The standard InChI is InChI=1S/C12H12N2O4S/c1-14-5-8-2-7-4-11(19(16,17)18)12(15)13-10(7)3-9(8)6-14/h2-4H,5-6H2,1H3,(H,13,15)(H,16,17,18). The molecule has 0 unspecified atom stereocenters. The molecule has 1 aromatic carbocycles. The van der Waals surface area contributed by atoms with Gasteiger partial charge in [0.25, 0.3) is 15.7 Å². The Bertz CT molecular complexity index is 839. The molecule has 0 bridgehead atoms. The number of aromatic amines is 1. The van der Waals surface area contributed by atoms with Crippen molar-refractivity contribution >= 4 is 21.0 Å². The van der Waals surface area contributed by atoms with Crippen LogP contribution in [0.1, 0.15) is 11.1 Å². The SMILES string of the molecule is CN1Cc2cc3cc(S(=O)(=O)O)c(=O)[nH]c3cc2C1. The fraction of sp³-hybridized carbons (Fsp3) is 0.250. The number of aromatic nitrogens is 1. The Morgan fingerprint density at radius 3 is 2.47 bits per heavy atom. The molecule has 6 nitrogen and oxygen atoms in total. The highest BCUT2D eigenvalue weighted by molar-refractivity contribution is 7.85. The van der Waals surface area contributed by atoms with Gasteiger partial charge in [-0.05, 0) is 41.8 Å². The van der Waals surface area contributed by atoms with E-state index in [0.717, 1.165) is 24.2 Å². The highest BCUT2D eigenvalue weighted by Gasteiger charge is 2.19. The Kier molecular flexibility index (Phi) is 2.53. The van der Waals surface area contributed by atoms with Gasteiger partial charge in [-0.1, -0.05) is 0 Å². The van der Waals surface area contributed by atoms with Crippen LogP contribution in [0.5, 0.6) is 0 Å². The molecular formula is C12H12N2O4S. The van der Waals surface area contributed by atoms with E-state index >= 15 is 0 Å². The lowest BCUT2D eigenvalue weighted by atomic mass is 10.1. The Labute approximate surface area is 109 Å². The van der Waals surface area contributed by atoms with Crippen molar-refractivity contribution in [3.05, 3.63) is 39.7 Å². The Morgan fingerprint density at radius 1 is 1.21 bits per heavy atom. The van der Waals surface area contributed by atoms with Gasteiger partial charge < -0.3 is 4.98 Å². The lowest BCUT2D eigenvalue weighted by molar-refractivity contribution is 0.353. The predicted molar refractivity (Wildman–Crippen MR) is 69.6 cm³/mol. The van der Waals surface area contributed by atoms with Crippen LogP contribution in [0.2, 0.25) is 0 Å². The molecule has 0 amide bonds. The summed E-state index contributed by atoms with van der Waals surface area (Å²) in [5, 5.41) is 0.598. The van der Waals surface area contributed by atoms with Crippen molar-refractivity contribution in [1.29, 1.82) is 0 Å². The van der Waals surface area contributed by atoms with E-state index in [-0.39, 0.29) is 0 Å². The third kappa shape index (κ3) is 2.05. The summed E-state index contributed by atoms with van der Waals surface area (Å²) in [5.41, 5.74) is 1.99. The third-order valence-corrected chi connectivity index (χ3v) is 4.15. The molecule has 7 heteroatoms. The minimum absolute atomic E-state index is 0.575. The molecule has 1 aliphatic heterocycles. The number of nitrogens with zero attached hydrogens (tertiary/aromatic N) is 1. The number of H-pyrrole nitrogens is 1. The van der Waals surface area contributed by atoms with Crippen LogP contribution >= 0.6 is 0 Å². The number of hydrogen-bond acceptors (Lipinski definition) is 4. The normalized spacial score (nSPS) is 15.9. The molecule has 100 valence electrons. The van der Waals surface area contributed by atoms with E-state index in [1.165, 1.54) is 6.07 Å². The zero-order valence-electron chi connectivity index (χ0n) is 10.2. The number of rotatable bonds is 1. The van der Waals surface area contributed by atoms with E-state index in [9.17, 15) is 13.2 Å². The maximum Gasteiger partial charge on any atom is 0.300 e. The summed E-state index contributed by atoms with van der Waals surface area (Å²) in [6.45, 7) is 1.58. The molecule has 0 saturated heterocycles. The van der Waals surface area contributed by atoms with Crippen LogP contribution in [0.3, 0.4) is 0 Å². The summed E-state index contributed by atoms with van der Waals surface area (Å²) in [7, 11) is -2.52. The van der Waals surface area contributed by atoms with Crippen molar-refractivity contribution in [2.45, 2.75) is 18.0 Å². The van der Waals surface area contributed by atoms with Gasteiger partial charge >= 0.3 is 0 Å². The molecule has 0 fully saturated rings. The quantitative estimate of drug-likeness (QED) is 0.751. The van der Waals surface area contributed by atoms with Crippen molar-refractivity contribution in [2.75, 3.05) is 7.05 Å². The Morgan fingerprint density at radius 2 is 1.84 bits per heavy atom. The second-order valence-electron chi connectivity index (χ2n) is 4.82. The van der Waals surface area contributed by atoms with Gasteiger partial charge in [0.05, 0.1) is 0 Å². The fourth-order valence-corrected chi connectivity index (χ4v) is 3.01. The van der Waals surface area contributed by atoms with Crippen LogP contribution < -0.4 is 5.56 Å². The lowest BCUT2D eigenvalue weighted by Crippen LogP contribution is -2.16. The van der Waals surface area contributed by atoms with Crippen LogP contribution in [0.4, 0.5) is 0 Å². The maximum absolute atomic E-state index is 11.6. The van der Waals surface area contributed by atoms with Crippen LogP contribution in [0.15, 0.2) is 27.9 Å². The zero-order valence-corrected chi connectivity index (χ0v) is 11.0. The van der Waals surface area contributed by atoms with Gasteiger partial charge in [0.15, 0.2) is 4.90 Å². The van der Waals surface area contributed by atoms with E-state index in [2.05, 4.69) is 9.88 Å². The number of pyridine rings is 1. The Balaban J connectivity index is 2.31. The van der Waals surface area contributed by atoms with Crippen LogP contribution in [-0.2, 0) is 23.2 Å². The summed E-state index contributed by atoms with van der Waals surface area (Å²) >= 11 is 0. The van der Waals surface area contributed by atoms with E-state index in [0.29, 0.717) is 10.9 Å². The van der Waals surface area contributed by atoms with Gasteiger partial charge in [-0.3, -0.25) is 14.2 Å². The largest absolute Gasteiger partial charge is 0.321 e. The summed E-state index contributed by atoms with van der Waals surface area (Å²) in [6.07, 6.45) is 0.